The first-order valence-corrected chi connectivity index (χ1v) is 18.0. The Morgan fingerprint density at radius 1 is 0.977 bits per heavy atom. The number of aromatic hydroxyl groups is 2. The molecule has 3 aromatic rings. The summed E-state index contributed by atoms with van der Waals surface area (Å²) in [6.45, 7) is 18.2. The Labute approximate surface area is 263 Å². The van der Waals surface area contributed by atoms with Crippen LogP contribution in [-0.2, 0) is 21.1 Å². The lowest BCUT2D eigenvalue weighted by atomic mass is 9.84. The van der Waals surface area contributed by atoms with Crippen LogP contribution in [0.15, 0.2) is 66.7 Å². The lowest BCUT2D eigenvalue weighted by Gasteiger charge is -2.40. The van der Waals surface area contributed by atoms with Crippen molar-refractivity contribution in [1.82, 2.24) is 10.6 Å². The zero-order valence-electron chi connectivity index (χ0n) is 27.3. The van der Waals surface area contributed by atoms with Crippen LogP contribution in [0.3, 0.4) is 0 Å². The molecule has 0 aliphatic rings. The quantitative estimate of drug-likeness (QED) is 0.0782. The molecule has 9 heteroatoms. The molecule has 0 spiro atoms. The average molecular weight is 620 g/mol. The van der Waals surface area contributed by atoms with Crippen molar-refractivity contribution >= 4 is 26.3 Å². The van der Waals surface area contributed by atoms with E-state index in [1.54, 1.807) is 24.3 Å². The van der Waals surface area contributed by atoms with Crippen LogP contribution in [0.2, 0.25) is 18.1 Å². The van der Waals surface area contributed by atoms with E-state index in [0.717, 1.165) is 16.7 Å². The Bertz CT molecular complexity index is 1420. The van der Waals surface area contributed by atoms with Gasteiger partial charge in [-0.15, -0.1) is 0 Å². The van der Waals surface area contributed by atoms with E-state index < -0.39 is 8.32 Å². The number of hydrogen-bond donors (Lipinski definition) is 5. The lowest BCUT2D eigenvalue weighted by Crippen LogP contribution is -2.44. The summed E-state index contributed by atoms with van der Waals surface area (Å²) in [5.41, 5.74) is 3.59. The van der Waals surface area contributed by atoms with Gasteiger partial charge in [0, 0.05) is 30.1 Å². The van der Waals surface area contributed by atoms with Crippen LogP contribution in [-0.4, -0.2) is 50.0 Å². The fraction of sp³-hybridized carbons (Fsp3) is 0.429. The molecule has 0 radical (unpaired) electrons. The minimum absolute atomic E-state index is 0.00101. The zero-order chi connectivity index (χ0) is 32.7. The first-order valence-electron chi connectivity index (χ1n) is 15.1. The minimum atomic E-state index is -2.16. The third kappa shape index (κ3) is 9.42. The van der Waals surface area contributed by atoms with Gasteiger partial charge in [-0.2, -0.15) is 0 Å². The molecule has 3 aromatic carbocycles. The number of amides is 2. The van der Waals surface area contributed by atoms with Crippen LogP contribution in [0, 0.1) is 0 Å². The van der Waals surface area contributed by atoms with E-state index in [1.807, 2.05) is 42.5 Å². The molecule has 0 heterocycles. The van der Waals surface area contributed by atoms with E-state index in [0.29, 0.717) is 37.2 Å². The molecule has 2 amide bonds. The molecule has 0 bridgehead atoms. The van der Waals surface area contributed by atoms with E-state index in [-0.39, 0.29) is 40.0 Å². The van der Waals surface area contributed by atoms with Crippen molar-refractivity contribution in [2.75, 3.05) is 18.4 Å². The first-order chi connectivity index (χ1) is 20.5. The Balaban J connectivity index is 1.68. The van der Waals surface area contributed by atoms with Crippen molar-refractivity contribution in [3.05, 3.63) is 89.0 Å². The fourth-order valence-corrected chi connectivity index (χ4v) is 5.97. The number of benzene rings is 3. The molecule has 238 valence electrons. The Kier molecular flexibility index (Phi) is 11.4. The molecule has 8 nitrogen and oxygen atoms in total. The number of carbonyl (C=O) groups is 2. The van der Waals surface area contributed by atoms with Gasteiger partial charge in [0.15, 0.2) is 8.32 Å². The number of phenols is 2. The summed E-state index contributed by atoms with van der Waals surface area (Å²) in [6, 6.07) is 20.0. The van der Waals surface area contributed by atoms with Gasteiger partial charge >= 0.3 is 0 Å². The Hall–Kier alpha value is -3.66. The van der Waals surface area contributed by atoms with Gasteiger partial charge in [-0.05, 0) is 84.6 Å². The van der Waals surface area contributed by atoms with Crippen molar-refractivity contribution < 1.29 is 24.2 Å². The van der Waals surface area contributed by atoms with Crippen LogP contribution in [0.5, 0.6) is 11.5 Å². The van der Waals surface area contributed by atoms with Gasteiger partial charge in [-0.1, -0.05) is 65.0 Å². The second kappa shape index (κ2) is 14.4. The molecule has 0 aliphatic heterocycles. The normalized spacial score (nSPS) is 13.6. The molecule has 0 aromatic heterocycles. The molecule has 44 heavy (non-hydrogen) atoms. The van der Waals surface area contributed by atoms with E-state index in [9.17, 15) is 19.8 Å². The zero-order valence-corrected chi connectivity index (χ0v) is 28.3. The molecule has 0 saturated carbocycles. The maximum atomic E-state index is 13.1. The second-order valence-corrected chi connectivity index (χ2v) is 18.5. The van der Waals surface area contributed by atoms with Gasteiger partial charge in [0.2, 0.25) is 6.41 Å². The number of anilines is 1. The third-order valence-corrected chi connectivity index (χ3v) is 13.1. The summed E-state index contributed by atoms with van der Waals surface area (Å²) < 4.78 is 6.82. The predicted molar refractivity (Wildman–Crippen MR) is 180 cm³/mol. The molecular weight excluding hydrogens is 570 g/mol. The van der Waals surface area contributed by atoms with Crippen molar-refractivity contribution in [2.24, 2.45) is 0 Å². The Morgan fingerprint density at radius 3 is 2.30 bits per heavy atom. The van der Waals surface area contributed by atoms with Crippen molar-refractivity contribution in [1.29, 1.82) is 0 Å². The standard InChI is InChI=1S/C35H49N3O5Si/c1-24(36-21-32(43-44(7,8)34(2,3)4)26-12-17-31(41)30(20-26)38-23-39)18-25-10-9-11-27(19-25)33(42)37-22-35(5,6)28-13-15-29(40)16-14-28/h9-17,19-20,23-24,32,36,40-41H,18,21-22H2,1-8H3,(H,37,42)(H,38,39)/t24-,32-/m1/s1. The summed E-state index contributed by atoms with van der Waals surface area (Å²) in [6.07, 6.45) is 0.967. The van der Waals surface area contributed by atoms with E-state index >= 15 is 0 Å². The van der Waals surface area contributed by atoms with Gasteiger partial charge < -0.3 is 30.6 Å². The highest BCUT2D eigenvalue weighted by Crippen LogP contribution is 2.40. The molecule has 0 aliphatic carbocycles. The van der Waals surface area contributed by atoms with Gasteiger partial charge in [0.05, 0.1) is 11.8 Å². The number of hydrogen-bond acceptors (Lipinski definition) is 6. The maximum Gasteiger partial charge on any atom is 0.251 e. The van der Waals surface area contributed by atoms with Crippen LogP contribution < -0.4 is 16.0 Å². The predicted octanol–water partition coefficient (Wildman–Crippen LogP) is 6.66. The number of nitrogens with one attached hydrogen (secondary N) is 3. The first kappa shape index (κ1) is 34.8. The topological polar surface area (TPSA) is 120 Å². The largest absolute Gasteiger partial charge is 0.508 e. The maximum absolute atomic E-state index is 13.1. The van der Waals surface area contributed by atoms with Crippen LogP contribution in [0.1, 0.15) is 74.7 Å². The number of phenolic OH excluding ortho intramolecular Hbond substituents is 2. The summed E-state index contributed by atoms with van der Waals surface area (Å²) in [7, 11) is -2.16. The molecule has 0 saturated heterocycles. The molecule has 0 fully saturated rings. The van der Waals surface area contributed by atoms with E-state index in [4.69, 9.17) is 4.43 Å². The number of rotatable bonds is 14. The fourth-order valence-electron chi connectivity index (χ4n) is 4.68. The van der Waals surface area contributed by atoms with Crippen LogP contribution in [0.25, 0.3) is 0 Å². The monoisotopic (exact) mass is 619 g/mol. The van der Waals surface area contributed by atoms with Gasteiger partial charge in [0.1, 0.15) is 11.5 Å². The summed E-state index contributed by atoms with van der Waals surface area (Å²) in [5, 5.41) is 29.0. The highest BCUT2D eigenvalue weighted by Gasteiger charge is 2.39. The summed E-state index contributed by atoms with van der Waals surface area (Å²) in [5.74, 6) is 0.0875. The van der Waals surface area contributed by atoms with Gasteiger partial charge in [-0.25, -0.2) is 0 Å². The van der Waals surface area contributed by atoms with Crippen LogP contribution in [0.4, 0.5) is 5.69 Å². The third-order valence-electron chi connectivity index (χ3n) is 8.57. The summed E-state index contributed by atoms with van der Waals surface area (Å²) in [4.78, 5) is 24.2. The molecular formula is C35H49N3O5Si. The number of carbonyl (C=O) groups excluding carboxylic acids is 2. The van der Waals surface area contributed by atoms with E-state index in [2.05, 4.69) is 70.6 Å². The van der Waals surface area contributed by atoms with Crippen LogP contribution >= 0.6 is 0 Å². The smallest absolute Gasteiger partial charge is 0.251 e. The van der Waals surface area contributed by atoms with E-state index in [1.165, 1.54) is 0 Å². The highest BCUT2D eigenvalue weighted by molar-refractivity contribution is 6.74. The lowest BCUT2D eigenvalue weighted by molar-refractivity contribution is -0.105. The molecule has 0 unspecified atom stereocenters. The van der Waals surface area contributed by atoms with Crippen molar-refractivity contribution in [2.45, 2.75) is 83.7 Å². The molecule has 5 N–H and O–H groups in total. The van der Waals surface area contributed by atoms with Crippen molar-refractivity contribution in [3.63, 3.8) is 0 Å². The SMILES string of the molecule is C[C@H](Cc1cccc(C(=O)NCC(C)(C)c2ccc(O)cc2)c1)NC[C@@H](O[Si](C)(C)C(C)(C)C)c1ccc(O)c(NC=O)c1. The molecule has 3 rings (SSSR count). The van der Waals surface area contributed by atoms with Gasteiger partial charge in [-0.3, -0.25) is 9.59 Å². The highest BCUT2D eigenvalue weighted by atomic mass is 28.4. The minimum Gasteiger partial charge on any atom is -0.508 e. The molecule has 2 atom stereocenters. The second-order valence-electron chi connectivity index (χ2n) is 13.7. The Morgan fingerprint density at radius 2 is 1.66 bits per heavy atom. The summed E-state index contributed by atoms with van der Waals surface area (Å²) >= 11 is 0. The average Bonchev–Trinajstić information content (AvgIpc) is 2.95. The van der Waals surface area contributed by atoms with Gasteiger partial charge in [0.25, 0.3) is 5.91 Å². The van der Waals surface area contributed by atoms with Crippen molar-refractivity contribution in [3.8, 4) is 11.5 Å².